The van der Waals surface area contributed by atoms with Crippen LogP contribution in [-0.4, -0.2) is 65.2 Å². The van der Waals surface area contributed by atoms with E-state index in [4.69, 9.17) is 19.4 Å². The normalized spacial score (nSPS) is 29.5. The number of carbonyl (C=O) groups is 2. The van der Waals surface area contributed by atoms with E-state index in [0.717, 1.165) is 64.6 Å². The smallest absolute Gasteiger partial charge is 0.411 e. The van der Waals surface area contributed by atoms with Crippen molar-refractivity contribution in [2.75, 3.05) is 0 Å². The van der Waals surface area contributed by atoms with E-state index in [0.29, 0.717) is 5.92 Å². The number of imidazole rings is 2. The average molecular weight is 691 g/mol. The van der Waals surface area contributed by atoms with Gasteiger partial charge in [0.2, 0.25) is 0 Å². The molecule has 2 saturated heterocycles. The number of piperidine rings is 2. The minimum atomic E-state index is -0.557. The molecule has 0 bridgehead atoms. The van der Waals surface area contributed by atoms with Gasteiger partial charge in [0, 0.05) is 12.1 Å². The fraction of sp³-hybridized carbons (Fsp3) is 0.512. The zero-order valence-electron chi connectivity index (χ0n) is 31.2. The lowest BCUT2D eigenvalue weighted by atomic mass is 9.98. The third kappa shape index (κ3) is 5.90. The van der Waals surface area contributed by atoms with Crippen LogP contribution in [-0.2, 0) is 9.47 Å². The lowest BCUT2D eigenvalue weighted by molar-refractivity contribution is 0.0154. The van der Waals surface area contributed by atoms with Crippen molar-refractivity contribution in [2.45, 2.75) is 117 Å². The fourth-order valence-corrected chi connectivity index (χ4v) is 8.71. The summed E-state index contributed by atoms with van der Waals surface area (Å²) >= 11 is 0. The molecule has 0 spiro atoms. The Hall–Kier alpha value is -4.60. The molecular formula is C41H50N6O4. The van der Waals surface area contributed by atoms with Crippen LogP contribution in [0, 0.1) is 16.7 Å². The zero-order valence-corrected chi connectivity index (χ0v) is 31.2. The predicted molar refractivity (Wildman–Crippen MR) is 195 cm³/mol. The molecule has 2 saturated carbocycles. The molecule has 10 nitrogen and oxygen atoms in total. The number of benzene rings is 2. The average Bonchev–Trinajstić information content (AvgIpc) is 3.52. The van der Waals surface area contributed by atoms with Crippen molar-refractivity contribution in [3.63, 3.8) is 0 Å². The molecule has 7 atom stereocenters. The van der Waals surface area contributed by atoms with E-state index in [1.807, 2.05) is 63.7 Å². The van der Waals surface area contributed by atoms with Crippen LogP contribution in [0.4, 0.5) is 9.59 Å². The Morgan fingerprint density at radius 1 is 0.686 bits per heavy atom. The molecule has 268 valence electrons. The van der Waals surface area contributed by atoms with Crippen LogP contribution in [0.5, 0.6) is 0 Å². The van der Waals surface area contributed by atoms with Crippen molar-refractivity contribution < 1.29 is 19.1 Å². The van der Waals surface area contributed by atoms with Crippen molar-refractivity contribution >= 4 is 12.2 Å². The lowest BCUT2D eigenvalue weighted by Crippen LogP contribution is -2.39. The molecule has 0 unspecified atom stereocenters. The molecule has 2 aliphatic heterocycles. The molecule has 4 heterocycles. The number of nitrogens with zero attached hydrogens (tertiary/aromatic N) is 4. The number of amides is 2. The maximum absolute atomic E-state index is 13.3. The molecule has 2 aromatic heterocycles. The topological polar surface area (TPSA) is 116 Å². The summed E-state index contributed by atoms with van der Waals surface area (Å²) in [5, 5.41) is 0. The molecule has 4 aliphatic rings. The first-order valence-corrected chi connectivity index (χ1v) is 18.3. The van der Waals surface area contributed by atoms with Gasteiger partial charge in [0.05, 0.1) is 35.9 Å². The maximum Gasteiger partial charge on any atom is 0.411 e. The summed E-state index contributed by atoms with van der Waals surface area (Å²) in [6.07, 6.45) is 5.95. The molecule has 4 fully saturated rings. The van der Waals surface area contributed by atoms with Crippen LogP contribution < -0.4 is 0 Å². The van der Waals surface area contributed by atoms with Crippen LogP contribution in [0.3, 0.4) is 0 Å². The van der Waals surface area contributed by atoms with E-state index in [1.54, 1.807) is 0 Å². The van der Waals surface area contributed by atoms with Crippen molar-refractivity contribution in [1.29, 1.82) is 0 Å². The first-order valence-electron chi connectivity index (χ1n) is 18.3. The number of likely N-dealkylation sites (tertiary alicyclic amines) is 2. The summed E-state index contributed by atoms with van der Waals surface area (Å²) in [6, 6.07) is 17.0. The molecule has 0 radical (unpaired) electrons. The van der Waals surface area contributed by atoms with Crippen molar-refractivity contribution in [1.82, 2.24) is 29.7 Å². The Balaban J connectivity index is 0.951. The Bertz CT molecular complexity index is 1980. The first kappa shape index (κ1) is 33.5. The van der Waals surface area contributed by atoms with Crippen molar-refractivity contribution in [3.8, 4) is 33.6 Å². The summed E-state index contributed by atoms with van der Waals surface area (Å²) < 4.78 is 11.6. The van der Waals surface area contributed by atoms with E-state index < -0.39 is 11.2 Å². The third-order valence-corrected chi connectivity index (χ3v) is 11.7. The van der Waals surface area contributed by atoms with Crippen LogP contribution in [0.1, 0.15) is 105 Å². The van der Waals surface area contributed by atoms with Crippen LogP contribution in [0.15, 0.2) is 60.9 Å². The SMILES string of the molecule is C[C@H]1[C@H]2N(C(=O)OC(C)(C)C)[C@H](c3ncc(-c4ccc(-c5ccc(-c6cnc([C@@H]7C[C@@]8(C)C[C@H]8N7C(=O)OC(C)(C)C)[nH]6)cc5)cc4)[nH]3)C[C@@]12C. The number of hydrogen-bond donors (Lipinski definition) is 2. The summed E-state index contributed by atoms with van der Waals surface area (Å²) in [7, 11) is 0. The standard InChI is InChI=1S/C41H50N6O4/c1-23-33-41(23,9)19-31(47(33)37(49)51-39(5,6)7)35-43-22-29(45-35)27-16-12-25(13-17-27)24-10-14-26(15-11-24)28-21-42-34(44-28)30-18-40(8)20-32(40)46(30)36(48)50-38(2,3)4/h10-17,21-23,30-33H,18-20H2,1-9H3,(H,42,44)(H,43,45)/t23-,30-,31-,32+,33+,40-,41-/m0/s1. The van der Waals surface area contributed by atoms with Gasteiger partial charge in [-0.05, 0) is 99.8 Å². The number of nitrogens with one attached hydrogen (secondary N) is 2. The van der Waals surface area contributed by atoms with Gasteiger partial charge in [-0.25, -0.2) is 19.6 Å². The van der Waals surface area contributed by atoms with E-state index >= 15 is 0 Å². The highest BCUT2D eigenvalue weighted by Crippen LogP contribution is 2.67. The number of aromatic nitrogens is 4. The largest absolute Gasteiger partial charge is 0.444 e. The van der Waals surface area contributed by atoms with E-state index in [-0.39, 0.29) is 47.2 Å². The highest BCUT2D eigenvalue weighted by Gasteiger charge is 2.70. The maximum atomic E-state index is 13.3. The number of H-pyrrole nitrogens is 2. The van der Waals surface area contributed by atoms with E-state index in [1.165, 1.54) is 0 Å². The molecule has 2 N–H and O–H groups in total. The predicted octanol–water partition coefficient (Wildman–Crippen LogP) is 9.30. The first-order chi connectivity index (χ1) is 23.9. The monoisotopic (exact) mass is 690 g/mol. The summed E-state index contributed by atoms with van der Waals surface area (Å²) in [5.41, 5.74) is 5.23. The molecule has 4 aromatic rings. The van der Waals surface area contributed by atoms with Crippen LogP contribution in [0.25, 0.3) is 33.6 Å². The highest BCUT2D eigenvalue weighted by molar-refractivity contribution is 5.73. The minimum absolute atomic E-state index is 0.0864. The Labute approximate surface area is 300 Å². The number of fused-ring (bicyclic) bond motifs is 2. The van der Waals surface area contributed by atoms with Crippen LogP contribution in [0.2, 0.25) is 0 Å². The second-order valence-electron chi connectivity index (χ2n) is 17.8. The van der Waals surface area contributed by atoms with Crippen molar-refractivity contribution in [2.24, 2.45) is 16.7 Å². The number of aromatic amines is 2. The Kier molecular flexibility index (Phi) is 7.36. The summed E-state index contributed by atoms with van der Waals surface area (Å²) in [4.78, 5) is 46.8. The van der Waals surface area contributed by atoms with Gasteiger partial charge in [0.25, 0.3) is 0 Å². The lowest BCUT2D eigenvalue weighted by Gasteiger charge is -2.30. The molecule has 2 amide bonds. The van der Waals surface area contributed by atoms with E-state index in [9.17, 15) is 9.59 Å². The minimum Gasteiger partial charge on any atom is -0.444 e. The molecule has 51 heavy (non-hydrogen) atoms. The van der Waals surface area contributed by atoms with Crippen LogP contribution >= 0.6 is 0 Å². The number of carbonyl (C=O) groups excluding carboxylic acids is 2. The molecule has 10 heteroatoms. The van der Waals surface area contributed by atoms with E-state index in [2.05, 4.69) is 79.3 Å². The molecule has 2 aromatic carbocycles. The highest BCUT2D eigenvalue weighted by atomic mass is 16.6. The second-order valence-corrected chi connectivity index (χ2v) is 17.8. The number of rotatable bonds is 5. The number of hydrogen-bond acceptors (Lipinski definition) is 6. The number of ether oxygens (including phenoxy) is 2. The summed E-state index contributed by atoms with van der Waals surface area (Å²) in [6.45, 7) is 18.2. The Morgan fingerprint density at radius 3 is 1.59 bits per heavy atom. The molecule has 2 aliphatic carbocycles. The van der Waals surface area contributed by atoms with Gasteiger partial charge in [-0.15, -0.1) is 0 Å². The fourth-order valence-electron chi connectivity index (χ4n) is 8.71. The van der Waals surface area contributed by atoms with Gasteiger partial charge in [-0.1, -0.05) is 69.3 Å². The van der Waals surface area contributed by atoms with Gasteiger partial charge < -0.3 is 19.4 Å². The third-order valence-electron chi connectivity index (χ3n) is 11.7. The summed E-state index contributed by atoms with van der Waals surface area (Å²) in [5.74, 6) is 2.05. The second kappa shape index (κ2) is 11.2. The van der Waals surface area contributed by atoms with Gasteiger partial charge in [0.15, 0.2) is 0 Å². The molecular weight excluding hydrogens is 640 g/mol. The van der Waals surface area contributed by atoms with Crippen molar-refractivity contribution in [3.05, 3.63) is 72.6 Å². The Morgan fingerprint density at radius 2 is 1.12 bits per heavy atom. The quantitative estimate of drug-likeness (QED) is 0.216. The van der Waals surface area contributed by atoms with Gasteiger partial charge in [-0.3, -0.25) is 9.80 Å². The molecule has 8 rings (SSSR count). The zero-order chi connectivity index (χ0) is 36.2. The van der Waals surface area contributed by atoms with Gasteiger partial charge in [-0.2, -0.15) is 0 Å². The van der Waals surface area contributed by atoms with Gasteiger partial charge in [0.1, 0.15) is 22.9 Å². The van der Waals surface area contributed by atoms with Gasteiger partial charge >= 0.3 is 12.2 Å².